The zero-order valence-electron chi connectivity index (χ0n) is 14.6. The number of aliphatic carboxylic acids is 1. The van der Waals surface area contributed by atoms with E-state index in [1.807, 2.05) is 11.8 Å². The lowest BCUT2D eigenvalue weighted by Crippen LogP contribution is -2.46. The van der Waals surface area contributed by atoms with Gasteiger partial charge in [-0.25, -0.2) is 0 Å². The molecule has 1 aromatic rings. The van der Waals surface area contributed by atoms with Gasteiger partial charge in [-0.1, -0.05) is 43.2 Å². The summed E-state index contributed by atoms with van der Waals surface area (Å²) < 4.78 is 0. The number of nitrogens with zero attached hydrogens (tertiary/aromatic N) is 1. The van der Waals surface area contributed by atoms with E-state index in [1.54, 1.807) is 0 Å². The second-order valence-electron chi connectivity index (χ2n) is 6.46. The number of allylic oxidation sites excluding steroid dienone is 2. The van der Waals surface area contributed by atoms with E-state index in [2.05, 4.69) is 37.3 Å². The summed E-state index contributed by atoms with van der Waals surface area (Å²) in [4.78, 5) is 24.3. The van der Waals surface area contributed by atoms with E-state index in [1.165, 1.54) is 16.7 Å². The van der Waals surface area contributed by atoms with E-state index < -0.39 is 5.97 Å². The summed E-state index contributed by atoms with van der Waals surface area (Å²) in [6.07, 6.45) is 6.48. The average Bonchev–Trinajstić information content (AvgIpc) is 2.58. The van der Waals surface area contributed by atoms with Crippen LogP contribution in [0, 0.1) is 0 Å². The Morgan fingerprint density at radius 1 is 1.21 bits per heavy atom. The first-order valence-electron chi connectivity index (χ1n) is 8.77. The molecule has 1 heterocycles. The second-order valence-corrected chi connectivity index (χ2v) is 6.46. The van der Waals surface area contributed by atoms with Crippen molar-refractivity contribution in [3.8, 4) is 0 Å². The van der Waals surface area contributed by atoms with Crippen LogP contribution in [0.4, 0.5) is 0 Å². The van der Waals surface area contributed by atoms with Crippen LogP contribution in [-0.4, -0.2) is 28.4 Å². The van der Waals surface area contributed by atoms with E-state index in [4.69, 9.17) is 5.11 Å². The Bertz CT molecular complexity index is 604. The minimum absolute atomic E-state index is 0.205. The largest absolute Gasteiger partial charge is 0.481 e. The van der Waals surface area contributed by atoms with Crippen molar-refractivity contribution in [3.05, 3.63) is 41.5 Å². The summed E-state index contributed by atoms with van der Waals surface area (Å²) in [7, 11) is 0. The van der Waals surface area contributed by atoms with Gasteiger partial charge in [-0.2, -0.15) is 0 Å². The maximum Gasteiger partial charge on any atom is 0.303 e. The van der Waals surface area contributed by atoms with E-state index in [0.717, 1.165) is 32.2 Å². The minimum atomic E-state index is -0.732. The first kappa shape index (κ1) is 18.2. The van der Waals surface area contributed by atoms with Gasteiger partial charge in [-0.3, -0.25) is 9.59 Å². The van der Waals surface area contributed by atoms with Crippen LogP contribution in [0.5, 0.6) is 0 Å². The number of β-lactam (4-membered cyclic amide) rings is 1. The van der Waals surface area contributed by atoms with E-state index >= 15 is 0 Å². The van der Waals surface area contributed by atoms with Crippen LogP contribution in [0.15, 0.2) is 30.3 Å². The number of hydrogen-bond acceptors (Lipinski definition) is 2. The minimum Gasteiger partial charge on any atom is -0.481 e. The fourth-order valence-electron chi connectivity index (χ4n) is 3.08. The lowest BCUT2D eigenvalue weighted by molar-refractivity contribution is -0.146. The number of carboxylic acids is 1. The Kier molecular flexibility index (Phi) is 6.59. The third-order valence-corrected chi connectivity index (χ3v) is 4.79. The summed E-state index contributed by atoms with van der Waals surface area (Å²) in [6.45, 7) is 4.90. The maximum atomic E-state index is 11.9. The van der Waals surface area contributed by atoms with Crippen molar-refractivity contribution in [1.82, 2.24) is 4.90 Å². The highest BCUT2D eigenvalue weighted by Crippen LogP contribution is 2.35. The van der Waals surface area contributed by atoms with Crippen molar-refractivity contribution in [2.24, 2.45) is 0 Å². The normalized spacial score (nSPS) is 17.8. The molecular weight excluding hydrogens is 302 g/mol. The van der Waals surface area contributed by atoms with Crippen LogP contribution < -0.4 is 0 Å². The Morgan fingerprint density at radius 2 is 1.88 bits per heavy atom. The first-order chi connectivity index (χ1) is 11.5. The molecule has 130 valence electrons. The number of unbranched alkanes of at least 4 members (excludes halogenated alkanes) is 3. The van der Waals surface area contributed by atoms with Gasteiger partial charge in [0.25, 0.3) is 0 Å². The number of carbonyl (C=O) groups is 2. The van der Waals surface area contributed by atoms with Crippen molar-refractivity contribution in [2.45, 2.75) is 58.4 Å². The number of likely N-dealkylation sites (tertiary alicyclic amines) is 1. The predicted molar refractivity (Wildman–Crippen MR) is 95.6 cm³/mol. The van der Waals surface area contributed by atoms with Gasteiger partial charge >= 0.3 is 5.97 Å². The number of benzene rings is 1. The van der Waals surface area contributed by atoms with Crippen LogP contribution in [0.25, 0.3) is 5.57 Å². The van der Waals surface area contributed by atoms with Crippen LogP contribution in [0.3, 0.4) is 0 Å². The van der Waals surface area contributed by atoms with Crippen LogP contribution >= 0.6 is 0 Å². The summed E-state index contributed by atoms with van der Waals surface area (Å²) in [5.74, 6) is -0.510. The standard InChI is InChI=1S/C20H27NO3/c1-3-15(2)16-9-11-17(12-10-16)18-14-19(22)21(18)13-7-5-4-6-8-20(23)24/h3,9-12,18H,4-8,13-14H2,1-2H3,(H,23,24)/b15-3+/t18-/m1/s1. The molecule has 1 fully saturated rings. The van der Waals surface area contributed by atoms with Gasteiger partial charge in [0.1, 0.15) is 0 Å². The molecule has 1 aliphatic heterocycles. The molecule has 1 aliphatic rings. The monoisotopic (exact) mass is 329 g/mol. The van der Waals surface area contributed by atoms with Crippen molar-refractivity contribution < 1.29 is 14.7 Å². The summed E-state index contributed by atoms with van der Waals surface area (Å²) in [5.41, 5.74) is 3.68. The zero-order valence-corrected chi connectivity index (χ0v) is 14.6. The van der Waals surface area contributed by atoms with Gasteiger partial charge in [0.05, 0.1) is 12.5 Å². The molecule has 4 heteroatoms. The highest BCUT2D eigenvalue weighted by Gasteiger charge is 2.36. The average molecular weight is 329 g/mol. The lowest BCUT2D eigenvalue weighted by atomic mass is 9.92. The molecule has 1 saturated heterocycles. The molecule has 0 bridgehead atoms. The SMILES string of the molecule is C/C=C(\C)c1ccc([C@H]2CC(=O)N2CCCCCCC(=O)O)cc1. The predicted octanol–water partition coefficient (Wildman–Crippen LogP) is 4.42. The molecule has 0 radical (unpaired) electrons. The second kappa shape index (κ2) is 8.67. The van der Waals surface area contributed by atoms with Crippen molar-refractivity contribution >= 4 is 17.4 Å². The lowest BCUT2D eigenvalue weighted by Gasteiger charge is -2.41. The molecule has 1 aromatic carbocycles. The summed E-state index contributed by atoms with van der Waals surface area (Å²) >= 11 is 0. The molecule has 0 spiro atoms. The first-order valence-corrected chi connectivity index (χ1v) is 8.77. The number of amides is 1. The van der Waals surface area contributed by atoms with E-state index in [9.17, 15) is 9.59 Å². The fourth-order valence-corrected chi connectivity index (χ4v) is 3.08. The summed E-state index contributed by atoms with van der Waals surface area (Å²) in [6, 6.07) is 8.70. The Balaban J connectivity index is 1.81. The number of hydrogen-bond donors (Lipinski definition) is 1. The van der Waals surface area contributed by atoms with Crippen molar-refractivity contribution in [1.29, 1.82) is 0 Å². The molecular formula is C20H27NO3. The smallest absolute Gasteiger partial charge is 0.303 e. The summed E-state index contributed by atoms with van der Waals surface area (Å²) in [5, 5.41) is 8.61. The van der Waals surface area contributed by atoms with Gasteiger partial charge in [0.15, 0.2) is 0 Å². The van der Waals surface area contributed by atoms with Crippen molar-refractivity contribution in [3.63, 3.8) is 0 Å². The molecule has 4 nitrogen and oxygen atoms in total. The number of carboxylic acid groups (broad SMARTS) is 1. The maximum absolute atomic E-state index is 11.9. The fraction of sp³-hybridized carbons (Fsp3) is 0.500. The molecule has 1 amide bonds. The quantitative estimate of drug-likeness (QED) is 0.539. The highest BCUT2D eigenvalue weighted by molar-refractivity contribution is 5.83. The van der Waals surface area contributed by atoms with Crippen LogP contribution in [-0.2, 0) is 9.59 Å². The number of carbonyl (C=O) groups excluding carboxylic acids is 1. The highest BCUT2D eigenvalue weighted by atomic mass is 16.4. The zero-order chi connectivity index (χ0) is 17.5. The molecule has 1 N–H and O–H groups in total. The van der Waals surface area contributed by atoms with Gasteiger partial charge in [0.2, 0.25) is 5.91 Å². The third-order valence-electron chi connectivity index (χ3n) is 4.79. The topological polar surface area (TPSA) is 57.6 Å². The Morgan fingerprint density at radius 3 is 2.46 bits per heavy atom. The molecule has 2 rings (SSSR count). The molecule has 0 unspecified atom stereocenters. The molecule has 0 aliphatic carbocycles. The molecule has 1 atom stereocenters. The molecule has 24 heavy (non-hydrogen) atoms. The van der Waals surface area contributed by atoms with Gasteiger partial charge in [-0.05, 0) is 43.4 Å². The Hall–Kier alpha value is -2.10. The third kappa shape index (κ3) is 4.70. The molecule has 0 saturated carbocycles. The Labute approximate surface area is 144 Å². The number of rotatable bonds is 9. The molecule has 0 aromatic heterocycles. The van der Waals surface area contributed by atoms with E-state index in [-0.39, 0.29) is 18.4 Å². The van der Waals surface area contributed by atoms with Gasteiger partial charge in [0, 0.05) is 13.0 Å². The van der Waals surface area contributed by atoms with Gasteiger partial charge < -0.3 is 10.0 Å². The van der Waals surface area contributed by atoms with E-state index in [0.29, 0.717) is 6.42 Å². The van der Waals surface area contributed by atoms with Crippen LogP contribution in [0.2, 0.25) is 0 Å². The van der Waals surface area contributed by atoms with Gasteiger partial charge in [-0.15, -0.1) is 0 Å². The van der Waals surface area contributed by atoms with Crippen molar-refractivity contribution in [2.75, 3.05) is 6.54 Å². The van der Waals surface area contributed by atoms with Crippen LogP contribution in [0.1, 0.15) is 69.5 Å².